The topological polar surface area (TPSA) is 114 Å². The lowest BCUT2D eigenvalue weighted by molar-refractivity contribution is -0.115. The van der Waals surface area contributed by atoms with Crippen molar-refractivity contribution in [2.75, 3.05) is 32.7 Å². The van der Waals surface area contributed by atoms with Crippen LogP contribution in [0.15, 0.2) is 47.4 Å². The molecule has 0 saturated heterocycles. The highest BCUT2D eigenvalue weighted by Gasteiger charge is 2.19. The van der Waals surface area contributed by atoms with Crippen LogP contribution in [0.3, 0.4) is 0 Å². The Morgan fingerprint density at radius 1 is 1.07 bits per heavy atom. The second kappa shape index (κ2) is 7.87. The zero-order chi connectivity index (χ0) is 20.3. The standard InChI is InChI=1S/C18H19N3O6S/c1-21(2)28(24,25)14-5-3-4-12(8-14)18(23)19-10-17(22)20-13-6-7-15-16(9-13)27-11-26-15/h3-9H,10-11H2,1-2H3,(H,19,23)(H,20,22). The van der Waals surface area contributed by atoms with Gasteiger partial charge in [-0.15, -0.1) is 0 Å². The molecule has 0 spiro atoms. The number of nitrogens with zero attached hydrogens (tertiary/aromatic N) is 1. The predicted octanol–water partition coefficient (Wildman–Crippen LogP) is 1.03. The van der Waals surface area contributed by atoms with Crippen LogP contribution in [0.2, 0.25) is 0 Å². The van der Waals surface area contributed by atoms with Crippen LogP contribution in [0.1, 0.15) is 10.4 Å². The number of fused-ring (bicyclic) bond motifs is 1. The van der Waals surface area contributed by atoms with E-state index in [0.717, 1.165) is 4.31 Å². The first-order valence-electron chi connectivity index (χ1n) is 8.27. The van der Waals surface area contributed by atoms with Gasteiger partial charge in [0.25, 0.3) is 5.91 Å². The molecule has 0 fully saturated rings. The van der Waals surface area contributed by atoms with Crippen molar-refractivity contribution < 1.29 is 27.5 Å². The Labute approximate surface area is 162 Å². The van der Waals surface area contributed by atoms with E-state index >= 15 is 0 Å². The fraction of sp³-hybridized carbons (Fsp3) is 0.222. The Kier molecular flexibility index (Phi) is 5.52. The molecule has 148 valence electrons. The van der Waals surface area contributed by atoms with Gasteiger partial charge < -0.3 is 20.1 Å². The summed E-state index contributed by atoms with van der Waals surface area (Å²) in [6.07, 6.45) is 0. The van der Waals surface area contributed by atoms with Gasteiger partial charge in [0.2, 0.25) is 22.7 Å². The molecule has 0 atom stereocenters. The van der Waals surface area contributed by atoms with Crippen LogP contribution in [0.25, 0.3) is 0 Å². The Balaban J connectivity index is 1.60. The van der Waals surface area contributed by atoms with Crippen molar-refractivity contribution >= 4 is 27.5 Å². The Morgan fingerprint density at radius 2 is 1.82 bits per heavy atom. The van der Waals surface area contributed by atoms with Gasteiger partial charge in [-0.25, -0.2) is 12.7 Å². The fourth-order valence-electron chi connectivity index (χ4n) is 2.45. The summed E-state index contributed by atoms with van der Waals surface area (Å²) in [6, 6.07) is 10.6. The van der Waals surface area contributed by atoms with E-state index < -0.39 is 21.8 Å². The highest BCUT2D eigenvalue weighted by molar-refractivity contribution is 7.89. The van der Waals surface area contributed by atoms with Gasteiger partial charge in [-0.3, -0.25) is 9.59 Å². The van der Waals surface area contributed by atoms with Crippen LogP contribution in [-0.4, -0.2) is 52.0 Å². The van der Waals surface area contributed by atoms with Gasteiger partial charge in [0.1, 0.15) is 0 Å². The number of carbonyl (C=O) groups excluding carboxylic acids is 2. The summed E-state index contributed by atoms with van der Waals surface area (Å²) in [5.74, 6) is 0.125. The number of benzene rings is 2. The summed E-state index contributed by atoms with van der Waals surface area (Å²) in [5.41, 5.74) is 0.640. The molecule has 2 aromatic rings. The van der Waals surface area contributed by atoms with Crippen molar-refractivity contribution in [2.24, 2.45) is 0 Å². The van der Waals surface area contributed by atoms with Gasteiger partial charge in [0.05, 0.1) is 11.4 Å². The third kappa shape index (κ3) is 4.24. The molecule has 2 N–H and O–H groups in total. The average Bonchev–Trinajstić information content (AvgIpc) is 3.14. The minimum atomic E-state index is -3.66. The molecule has 3 rings (SSSR count). The van der Waals surface area contributed by atoms with E-state index in [0.29, 0.717) is 17.2 Å². The Morgan fingerprint density at radius 3 is 2.57 bits per heavy atom. The van der Waals surface area contributed by atoms with Crippen molar-refractivity contribution in [3.8, 4) is 11.5 Å². The van der Waals surface area contributed by atoms with Crippen molar-refractivity contribution in [3.05, 3.63) is 48.0 Å². The molecular weight excluding hydrogens is 386 g/mol. The van der Waals surface area contributed by atoms with Gasteiger partial charge in [-0.05, 0) is 30.3 Å². The molecule has 28 heavy (non-hydrogen) atoms. The molecule has 0 saturated carbocycles. The van der Waals surface area contributed by atoms with E-state index in [2.05, 4.69) is 10.6 Å². The summed E-state index contributed by atoms with van der Waals surface area (Å²) >= 11 is 0. The van der Waals surface area contributed by atoms with E-state index in [1.54, 1.807) is 18.2 Å². The summed E-state index contributed by atoms with van der Waals surface area (Å²) in [4.78, 5) is 24.3. The lowest BCUT2D eigenvalue weighted by atomic mass is 10.2. The molecule has 2 amide bonds. The lowest BCUT2D eigenvalue weighted by Crippen LogP contribution is -2.33. The zero-order valence-corrected chi connectivity index (χ0v) is 16.1. The number of hydrogen-bond donors (Lipinski definition) is 2. The van der Waals surface area contributed by atoms with Crippen molar-refractivity contribution in [2.45, 2.75) is 4.90 Å². The third-order valence-corrected chi connectivity index (χ3v) is 5.75. The molecule has 0 unspecified atom stereocenters. The molecular formula is C18H19N3O6S. The largest absolute Gasteiger partial charge is 0.454 e. The maximum absolute atomic E-state index is 12.3. The molecule has 1 aliphatic heterocycles. The number of carbonyl (C=O) groups is 2. The van der Waals surface area contributed by atoms with E-state index in [1.165, 1.54) is 38.4 Å². The molecule has 1 aliphatic rings. The van der Waals surface area contributed by atoms with Gasteiger partial charge in [-0.1, -0.05) is 6.07 Å². The first-order valence-corrected chi connectivity index (χ1v) is 9.71. The summed E-state index contributed by atoms with van der Waals surface area (Å²) in [7, 11) is -0.847. The summed E-state index contributed by atoms with van der Waals surface area (Å²) in [6.45, 7) is -0.149. The van der Waals surface area contributed by atoms with Crippen molar-refractivity contribution in [1.29, 1.82) is 0 Å². The zero-order valence-electron chi connectivity index (χ0n) is 15.3. The normalized spacial score (nSPS) is 12.7. The molecule has 0 aromatic heterocycles. The number of hydrogen-bond acceptors (Lipinski definition) is 6. The van der Waals surface area contributed by atoms with Crippen molar-refractivity contribution in [1.82, 2.24) is 9.62 Å². The number of ether oxygens (including phenoxy) is 2. The second-order valence-electron chi connectivity index (χ2n) is 6.11. The van der Waals surface area contributed by atoms with Gasteiger partial charge in [0, 0.05) is 31.4 Å². The molecule has 0 aliphatic carbocycles. The van der Waals surface area contributed by atoms with Crippen LogP contribution in [-0.2, 0) is 14.8 Å². The van der Waals surface area contributed by atoms with Crippen LogP contribution < -0.4 is 20.1 Å². The maximum atomic E-state index is 12.3. The highest BCUT2D eigenvalue weighted by Crippen LogP contribution is 2.34. The SMILES string of the molecule is CN(C)S(=O)(=O)c1cccc(C(=O)NCC(=O)Nc2ccc3c(c2)OCO3)c1. The van der Waals surface area contributed by atoms with Crippen molar-refractivity contribution in [3.63, 3.8) is 0 Å². The first-order chi connectivity index (χ1) is 13.3. The third-order valence-electron chi connectivity index (χ3n) is 3.94. The molecule has 0 bridgehead atoms. The van der Waals surface area contributed by atoms with E-state index in [1.807, 2.05) is 0 Å². The minimum absolute atomic E-state index is 0.00467. The van der Waals surface area contributed by atoms with Gasteiger partial charge >= 0.3 is 0 Å². The summed E-state index contributed by atoms with van der Waals surface area (Å²) < 4.78 is 35.8. The molecule has 2 aromatic carbocycles. The maximum Gasteiger partial charge on any atom is 0.251 e. The average molecular weight is 405 g/mol. The van der Waals surface area contributed by atoms with E-state index in [-0.39, 0.29) is 23.8 Å². The van der Waals surface area contributed by atoms with E-state index in [9.17, 15) is 18.0 Å². The summed E-state index contributed by atoms with van der Waals surface area (Å²) in [5, 5.41) is 5.10. The highest BCUT2D eigenvalue weighted by atomic mass is 32.2. The minimum Gasteiger partial charge on any atom is -0.454 e. The Hall–Kier alpha value is -3.11. The van der Waals surface area contributed by atoms with Crippen LogP contribution in [0.4, 0.5) is 5.69 Å². The Bertz CT molecular complexity index is 1020. The lowest BCUT2D eigenvalue weighted by Gasteiger charge is -2.12. The number of nitrogens with one attached hydrogen (secondary N) is 2. The van der Waals surface area contributed by atoms with Crippen LogP contribution in [0, 0.1) is 0 Å². The first kappa shape index (κ1) is 19.6. The number of anilines is 1. The van der Waals surface area contributed by atoms with Crippen LogP contribution >= 0.6 is 0 Å². The molecule has 1 heterocycles. The van der Waals surface area contributed by atoms with Gasteiger partial charge in [-0.2, -0.15) is 0 Å². The monoisotopic (exact) mass is 405 g/mol. The van der Waals surface area contributed by atoms with E-state index in [4.69, 9.17) is 9.47 Å². The van der Waals surface area contributed by atoms with Crippen LogP contribution in [0.5, 0.6) is 11.5 Å². The number of sulfonamides is 1. The quantitative estimate of drug-likeness (QED) is 0.742. The predicted molar refractivity (Wildman–Crippen MR) is 101 cm³/mol. The molecule has 9 nitrogen and oxygen atoms in total. The number of amides is 2. The smallest absolute Gasteiger partial charge is 0.251 e. The molecule has 10 heteroatoms. The fourth-order valence-corrected chi connectivity index (χ4v) is 3.40. The van der Waals surface area contributed by atoms with Gasteiger partial charge in [0.15, 0.2) is 11.5 Å². The number of rotatable bonds is 6. The molecule has 0 radical (unpaired) electrons. The second-order valence-corrected chi connectivity index (χ2v) is 8.27.